The zero-order valence-electron chi connectivity index (χ0n) is 14.2. The van der Waals surface area contributed by atoms with Gasteiger partial charge in [-0.1, -0.05) is 35.9 Å². The van der Waals surface area contributed by atoms with E-state index in [1.54, 1.807) is 0 Å². The molecule has 4 nitrogen and oxygen atoms in total. The van der Waals surface area contributed by atoms with Crippen molar-refractivity contribution in [2.75, 3.05) is 19.7 Å². The van der Waals surface area contributed by atoms with Crippen LogP contribution in [0.1, 0.15) is 24.0 Å². The average Bonchev–Trinajstić information content (AvgIpc) is 2.65. The van der Waals surface area contributed by atoms with Gasteiger partial charge in [-0.25, -0.2) is 4.79 Å². The lowest BCUT2D eigenvalue weighted by Crippen LogP contribution is -2.43. The van der Waals surface area contributed by atoms with Crippen molar-refractivity contribution < 1.29 is 9.53 Å². The van der Waals surface area contributed by atoms with Crippen molar-refractivity contribution in [1.29, 1.82) is 0 Å². The summed E-state index contributed by atoms with van der Waals surface area (Å²) in [7, 11) is 0. The van der Waals surface area contributed by atoms with Gasteiger partial charge >= 0.3 is 6.03 Å². The van der Waals surface area contributed by atoms with Crippen molar-refractivity contribution in [3.63, 3.8) is 0 Å². The second-order valence-electron chi connectivity index (χ2n) is 6.18. The Kier molecular flexibility index (Phi) is 6.18. The van der Waals surface area contributed by atoms with Gasteiger partial charge in [-0.3, -0.25) is 0 Å². The Morgan fingerprint density at radius 1 is 1.08 bits per heavy atom. The molecule has 2 aromatic rings. The minimum Gasteiger partial charge on any atom is -0.494 e. The van der Waals surface area contributed by atoms with Gasteiger partial charge in [-0.2, -0.15) is 0 Å². The summed E-state index contributed by atoms with van der Waals surface area (Å²) < 4.78 is 5.64. The smallest absolute Gasteiger partial charge is 0.317 e. The van der Waals surface area contributed by atoms with Crippen molar-refractivity contribution in [2.45, 2.75) is 25.8 Å². The third-order valence-corrected chi connectivity index (χ3v) is 4.60. The third-order valence-electron chi connectivity index (χ3n) is 4.35. The molecule has 1 heterocycles. The van der Waals surface area contributed by atoms with E-state index in [1.807, 2.05) is 35.2 Å². The molecule has 1 aliphatic heterocycles. The number of amides is 2. The SMILES string of the molecule is O=C(NCCCCOc1ccc(Cl)cc1)N1CCc2ccccc2C1. The van der Waals surface area contributed by atoms with Gasteiger partial charge in [0.2, 0.25) is 0 Å². The zero-order chi connectivity index (χ0) is 17.5. The number of hydrogen-bond donors (Lipinski definition) is 1. The van der Waals surface area contributed by atoms with Crippen molar-refractivity contribution in [1.82, 2.24) is 10.2 Å². The van der Waals surface area contributed by atoms with E-state index in [-0.39, 0.29) is 6.03 Å². The maximum absolute atomic E-state index is 12.3. The van der Waals surface area contributed by atoms with E-state index in [1.165, 1.54) is 11.1 Å². The van der Waals surface area contributed by atoms with Gasteiger partial charge in [0.25, 0.3) is 0 Å². The number of urea groups is 1. The van der Waals surface area contributed by atoms with E-state index >= 15 is 0 Å². The van der Waals surface area contributed by atoms with Gasteiger partial charge in [-0.05, 0) is 54.7 Å². The summed E-state index contributed by atoms with van der Waals surface area (Å²) >= 11 is 5.84. The molecule has 0 bridgehead atoms. The monoisotopic (exact) mass is 358 g/mol. The number of carbonyl (C=O) groups is 1. The van der Waals surface area contributed by atoms with Crippen LogP contribution in [0.15, 0.2) is 48.5 Å². The van der Waals surface area contributed by atoms with Crippen molar-refractivity contribution >= 4 is 17.6 Å². The topological polar surface area (TPSA) is 41.6 Å². The molecule has 0 aliphatic carbocycles. The highest BCUT2D eigenvalue weighted by atomic mass is 35.5. The molecule has 132 valence electrons. The molecule has 0 spiro atoms. The van der Waals surface area contributed by atoms with E-state index in [0.717, 1.165) is 31.6 Å². The lowest BCUT2D eigenvalue weighted by atomic mass is 10.0. The molecule has 0 unspecified atom stereocenters. The maximum Gasteiger partial charge on any atom is 0.317 e. The van der Waals surface area contributed by atoms with Gasteiger partial charge in [-0.15, -0.1) is 0 Å². The fraction of sp³-hybridized carbons (Fsp3) is 0.350. The molecule has 5 heteroatoms. The molecule has 0 saturated carbocycles. The predicted molar refractivity (Wildman–Crippen MR) is 100 cm³/mol. The number of unbranched alkanes of at least 4 members (excludes halogenated alkanes) is 1. The predicted octanol–water partition coefficient (Wildman–Crippen LogP) is 4.27. The van der Waals surface area contributed by atoms with Crippen molar-refractivity contribution in [3.8, 4) is 5.75 Å². The minimum atomic E-state index is 0.0214. The summed E-state index contributed by atoms with van der Waals surface area (Å²) in [5.41, 5.74) is 2.60. The highest BCUT2D eigenvalue weighted by Crippen LogP contribution is 2.18. The van der Waals surface area contributed by atoms with Crippen LogP contribution >= 0.6 is 11.6 Å². The summed E-state index contributed by atoms with van der Waals surface area (Å²) in [5.74, 6) is 0.820. The first-order chi connectivity index (χ1) is 12.2. The lowest BCUT2D eigenvalue weighted by molar-refractivity contribution is 0.192. The van der Waals surface area contributed by atoms with Crippen LogP contribution in [-0.2, 0) is 13.0 Å². The number of nitrogens with one attached hydrogen (secondary N) is 1. The fourth-order valence-electron chi connectivity index (χ4n) is 2.92. The Balaban J connectivity index is 1.31. The molecule has 2 aromatic carbocycles. The first kappa shape index (κ1) is 17.6. The molecule has 0 atom stereocenters. The number of ether oxygens (including phenoxy) is 1. The van der Waals surface area contributed by atoms with Crippen LogP contribution in [0.2, 0.25) is 5.02 Å². The standard InChI is InChI=1S/C20H23ClN2O2/c21-18-7-9-19(10-8-18)25-14-4-3-12-22-20(24)23-13-11-16-5-1-2-6-17(16)15-23/h1-2,5-10H,3-4,11-15H2,(H,22,24). The lowest BCUT2D eigenvalue weighted by Gasteiger charge is -2.29. The van der Waals surface area contributed by atoms with E-state index in [0.29, 0.717) is 24.7 Å². The summed E-state index contributed by atoms with van der Waals surface area (Å²) in [5, 5.41) is 3.71. The second-order valence-corrected chi connectivity index (χ2v) is 6.62. The number of fused-ring (bicyclic) bond motifs is 1. The van der Waals surface area contributed by atoms with Crippen LogP contribution in [-0.4, -0.2) is 30.6 Å². The fourth-order valence-corrected chi connectivity index (χ4v) is 3.05. The average molecular weight is 359 g/mol. The molecule has 25 heavy (non-hydrogen) atoms. The summed E-state index contributed by atoms with van der Waals surface area (Å²) in [4.78, 5) is 14.1. The number of carbonyl (C=O) groups excluding carboxylic acids is 1. The summed E-state index contributed by atoms with van der Waals surface area (Å²) in [6.45, 7) is 2.78. The third kappa shape index (κ3) is 5.13. The molecule has 1 aliphatic rings. The largest absolute Gasteiger partial charge is 0.494 e. The van der Waals surface area contributed by atoms with Gasteiger partial charge < -0.3 is 15.0 Å². The molecular formula is C20H23ClN2O2. The molecular weight excluding hydrogens is 336 g/mol. The second kappa shape index (κ2) is 8.77. The van der Waals surface area contributed by atoms with E-state index in [9.17, 15) is 4.79 Å². The molecule has 3 rings (SSSR count). The normalized spacial score (nSPS) is 13.2. The number of benzene rings is 2. The van der Waals surface area contributed by atoms with Crippen LogP contribution in [0.3, 0.4) is 0 Å². The van der Waals surface area contributed by atoms with E-state index in [4.69, 9.17) is 16.3 Å². The molecule has 2 amide bonds. The van der Waals surface area contributed by atoms with Gasteiger partial charge in [0, 0.05) is 24.7 Å². The van der Waals surface area contributed by atoms with Gasteiger partial charge in [0.15, 0.2) is 0 Å². The minimum absolute atomic E-state index is 0.0214. The van der Waals surface area contributed by atoms with Crippen LogP contribution < -0.4 is 10.1 Å². The van der Waals surface area contributed by atoms with E-state index < -0.39 is 0 Å². The van der Waals surface area contributed by atoms with Crippen LogP contribution in [0.25, 0.3) is 0 Å². The van der Waals surface area contributed by atoms with Crippen LogP contribution in [0, 0.1) is 0 Å². The Hall–Kier alpha value is -2.20. The number of nitrogens with zero attached hydrogens (tertiary/aromatic N) is 1. The first-order valence-corrected chi connectivity index (χ1v) is 9.08. The molecule has 0 aromatic heterocycles. The molecule has 0 fully saturated rings. The maximum atomic E-state index is 12.3. The quantitative estimate of drug-likeness (QED) is 0.783. The summed E-state index contributed by atoms with van der Waals surface area (Å²) in [6.07, 6.45) is 2.72. The Morgan fingerprint density at radius 2 is 1.84 bits per heavy atom. The van der Waals surface area contributed by atoms with Crippen LogP contribution in [0.4, 0.5) is 4.79 Å². The molecule has 0 saturated heterocycles. The highest BCUT2D eigenvalue weighted by Gasteiger charge is 2.19. The van der Waals surface area contributed by atoms with Crippen molar-refractivity contribution in [3.05, 3.63) is 64.7 Å². The Labute approximate surface area is 153 Å². The molecule has 1 N–H and O–H groups in total. The molecule has 0 radical (unpaired) electrons. The van der Waals surface area contributed by atoms with Gasteiger partial charge in [0.1, 0.15) is 5.75 Å². The zero-order valence-corrected chi connectivity index (χ0v) is 15.0. The van der Waals surface area contributed by atoms with Crippen molar-refractivity contribution in [2.24, 2.45) is 0 Å². The van der Waals surface area contributed by atoms with E-state index in [2.05, 4.69) is 23.5 Å². The number of hydrogen-bond acceptors (Lipinski definition) is 2. The summed E-state index contributed by atoms with van der Waals surface area (Å²) in [6, 6.07) is 15.7. The Morgan fingerprint density at radius 3 is 2.64 bits per heavy atom. The highest BCUT2D eigenvalue weighted by molar-refractivity contribution is 6.30. The number of rotatable bonds is 6. The van der Waals surface area contributed by atoms with Crippen LogP contribution in [0.5, 0.6) is 5.75 Å². The van der Waals surface area contributed by atoms with Gasteiger partial charge in [0.05, 0.1) is 6.61 Å². The Bertz CT molecular complexity index is 703. The number of halogens is 1. The first-order valence-electron chi connectivity index (χ1n) is 8.70.